The highest BCUT2D eigenvalue weighted by Gasteiger charge is 2.13. The number of carbonyl (C=O) groups excluding carboxylic acids is 1. The van der Waals surface area contributed by atoms with Gasteiger partial charge in [-0.3, -0.25) is 8.98 Å². The van der Waals surface area contributed by atoms with Crippen LogP contribution in [0, 0.1) is 0 Å². The number of esters is 1. The molecule has 0 atom stereocenters. The van der Waals surface area contributed by atoms with Gasteiger partial charge in [0.05, 0.1) is 104 Å². The van der Waals surface area contributed by atoms with Crippen molar-refractivity contribution in [2.24, 2.45) is 0 Å². The van der Waals surface area contributed by atoms with Gasteiger partial charge in [0.25, 0.3) is 10.1 Å². The Bertz CT molecular complexity index is 885. The van der Waals surface area contributed by atoms with Gasteiger partial charge >= 0.3 is 5.97 Å². The highest BCUT2D eigenvalue weighted by atomic mass is 32.2. The lowest BCUT2D eigenvalue weighted by Gasteiger charge is -2.09. The lowest BCUT2D eigenvalue weighted by Crippen LogP contribution is -2.15. The summed E-state index contributed by atoms with van der Waals surface area (Å²) < 4.78 is 72.0. The molecular formula is C32H56O12S. The predicted molar refractivity (Wildman–Crippen MR) is 169 cm³/mol. The fourth-order valence-corrected chi connectivity index (χ4v) is 4.71. The average Bonchev–Trinajstić information content (AvgIpc) is 3.04. The molecule has 0 heterocycles. The lowest BCUT2D eigenvalue weighted by atomic mass is 10.1. The molecule has 0 aromatic heterocycles. The van der Waals surface area contributed by atoms with Crippen LogP contribution >= 0.6 is 0 Å². The normalized spacial score (nSPS) is 11.7. The number of benzene rings is 1. The molecule has 0 spiro atoms. The van der Waals surface area contributed by atoms with Crippen molar-refractivity contribution >= 4 is 16.1 Å². The van der Waals surface area contributed by atoms with E-state index >= 15 is 0 Å². The highest BCUT2D eigenvalue weighted by Crippen LogP contribution is 2.11. The number of rotatable bonds is 34. The number of hydrogen-bond donors (Lipinski definition) is 0. The van der Waals surface area contributed by atoms with Crippen molar-refractivity contribution in [3.8, 4) is 0 Å². The molecule has 0 radical (unpaired) electrons. The lowest BCUT2D eigenvalue weighted by molar-refractivity contribution is -0.145. The summed E-state index contributed by atoms with van der Waals surface area (Å²) in [4.78, 5) is 11.8. The fourth-order valence-electron chi connectivity index (χ4n) is 3.79. The van der Waals surface area contributed by atoms with Crippen LogP contribution in [-0.4, -0.2) is 120 Å². The van der Waals surface area contributed by atoms with Gasteiger partial charge in [-0.25, -0.2) is 0 Å². The summed E-state index contributed by atoms with van der Waals surface area (Å²) in [6.07, 6.45) is 8.74. The van der Waals surface area contributed by atoms with Crippen LogP contribution in [0.4, 0.5) is 0 Å². The Morgan fingerprint density at radius 1 is 0.511 bits per heavy atom. The quantitative estimate of drug-likeness (QED) is 0.0594. The van der Waals surface area contributed by atoms with Crippen molar-refractivity contribution in [3.05, 3.63) is 30.3 Å². The molecule has 0 bridgehead atoms. The van der Waals surface area contributed by atoms with E-state index in [2.05, 4.69) is 6.92 Å². The summed E-state index contributed by atoms with van der Waals surface area (Å²) in [5.41, 5.74) is 0. The Kier molecular flexibility index (Phi) is 28.4. The van der Waals surface area contributed by atoms with Crippen molar-refractivity contribution in [1.82, 2.24) is 0 Å². The molecule has 262 valence electrons. The Balaban J connectivity index is 1.70. The molecule has 0 saturated heterocycles. The molecule has 0 unspecified atom stereocenters. The first-order valence-electron chi connectivity index (χ1n) is 16.2. The maximum Gasteiger partial charge on any atom is 0.305 e. The third-order valence-electron chi connectivity index (χ3n) is 6.21. The van der Waals surface area contributed by atoms with Crippen molar-refractivity contribution in [1.29, 1.82) is 0 Å². The van der Waals surface area contributed by atoms with Crippen molar-refractivity contribution in [2.45, 2.75) is 63.2 Å². The van der Waals surface area contributed by atoms with Crippen LogP contribution in [0.1, 0.15) is 58.3 Å². The van der Waals surface area contributed by atoms with Crippen LogP contribution < -0.4 is 0 Å². The third-order valence-corrected chi connectivity index (χ3v) is 7.53. The zero-order valence-electron chi connectivity index (χ0n) is 27.2. The van der Waals surface area contributed by atoms with Crippen molar-refractivity contribution in [3.63, 3.8) is 0 Å². The summed E-state index contributed by atoms with van der Waals surface area (Å²) in [6.45, 7) is 8.18. The SMILES string of the molecule is CCCCCCCCCC(=O)OCCOCCOCCOCCOCCOCCOCCOCCOS(=O)(=O)c1ccccc1. The number of hydrogen-bond acceptors (Lipinski definition) is 12. The molecule has 1 aromatic rings. The van der Waals surface area contributed by atoms with Crippen LogP contribution in [0.15, 0.2) is 35.2 Å². The standard InChI is InChI=1S/C32H56O12S/c1-2-3-4-5-6-7-11-14-32(33)43-29-27-41-25-23-39-21-19-37-17-15-36-16-18-38-20-22-40-24-26-42-28-30-44-45(34,35)31-12-9-8-10-13-31/h8-10,12-13H,2-7,11,14-30H2,1H3. The van der Waals surface area contributed by atoms with Gasteiger partial charge in [-0.1, -0.05) is 63.6 Å². The van der Waals surface area contributed by atoms with Gasteiger partial charge < -0.3 is 37.9 Å². The number of unbranched alkanes of at least 4 members (excludes halogenated alkanes) is 6. The number of ether oxygens (including phenoxy) is 8. The van der Waals surface area contributed by atoms with Crippen LogP contribution in [0.5, 0.6) is 0 Å². The van der Waals surface area contributed by atoms with Crippen LogP contribution in [0.3, 0.4) is 0 Å². The molecule has 0 aliphatic heterocycles. The van der Waals surface area contributed by atoms with E-state index in [0.29, 0.717) is 92.3 Å². The van der Waals surface area contributed by atoms with Gasteiger partial charge in [-0.2, -0.15) is 8.42 Å². The van der Waals surface area contributed by atoms with E-state index in [0.717, 1.165) is 12.8 Å². The van der Waals surface area contributed by atoms with Gasteiger partial charge in [-0.15, -0.1) is 0 Å². The van der Waals surface area contributed by atoms with E-state index in [1.165, 1.54) is 44.2 Å². The van der Waals surface area contributed by atoms with E-state index in [1.807, 2.05) is 0 Å². The van der Waals surface area contributed by atoms with Gasteiger partial charge in [0.15, 0.2) is 0 Å². The maximum atomic E-state index is 12.0. The van der Waals surface area contributed by atoms with E-state index < -0.39 is 10.1 Å². The molecule has 0 fully saturated rings. The van der Waals surface area contributed by atoms with Gasteiger partial charge in [-0.05, 0) is 18.6 Å². The predicted octanol–water partition coefficient (Wildman–Crippen LogP) is 4.19. The molecule has 45 heavy (non-hydrogen) atoms. The molecule has 12 nitrogen and oxygen atoms in total. The second kappa shape index (κ2) is 30.9. The van der Waals surface area contributed by atoms with Gasteiger partial charge in [0.2, 0.25) is 0 Å². The molecule has 0 amide bonds. The minimum atomic E-state index is -3.76. The highest BCUT2D eigenvalue weighted by molar-refractivity contribution is 7.86. The number of carbonyl (C=O) groups is 1. The Morgan fingerprint density at radius 3 is 1.33 bits per heavy atom. The first-order valence-corrected chi connectivity index (χ1v) is 17.6. The summed E-state index contributed by atoms with van der Waals surface area (Å²) in [7, 11) is -3.76. The molecule has 13 heteroatoms. The van der Waals surface area contributed by atoms with Crippen molar-refractivity contribution in [2.75, 3.05) is 106 Å². The maximum absolute atomic E-state index is 12.0. The van der Waals surface area contributed by atoms with E-state index in [-0.39, 0.29) is 30.7 Å². The molecule has 0 saturated carbocycles. The zero-order chi connectivity index (χ0) is 32.5. The minimum absolute atomic E-state index is 0.0593. The largest absolute Gasteiger partial charge is 0.463 e. The topological polar surface area (TPSA) is 134 Å². The Hall–Kier alpha value is -1.68. The third kappa shape index (κ3) is 27.2. The summed E-state index contributed by atoms with van der Waals surface area (Å²) >= 11 is 0. The monoisotopic (exact) mass is 664 g/mol. The smallest absolute Gasteiger partial charge is 0.305 e. The van der Waals surface area contributed by atoms with Crippen LogP contribution in [-0.2, 0) is 57.0 Å². The zero-order valence-corrected chi connectivity index (χ0v) is 28.0. The van der Waals surface area contributed by atoms with Crippen LogP contribution in [0.2, 0.25) is 0 Å². The Morgan fingerprint density at radius 2 is 0.889 bits per heavy atom. The summed E-state index contributed by atoms with van der Waals surface area (Å²) in [5.74, 6) is -0.150. The average molecular weight is 665 g/mol. The Labute approximate surface area is 270 Å². The summed E-state index contributed by atoms with van der Waals surface area (Å²) in [5, 5.41) is 0. The van der Waals surface area contributed by atoms with Gasteiger partial charge in [0.1, 0.15) is 6.61 Å². The van der Waals surface area contributed by atoms with Gasteiger partial charge in [0, 0.05) is 6.42 Å². The first kappa shape index (κ1) is 41.3. The first-order chi connectivity index (χ1) is 22.1. The van der Waals surface area contributed by atoms with E-state index in [1.54, 1.807) is 18.2 Å². The molecule has 0 N–H and O–H groups in total. The van der Waals surface area contributed by atoms with Crippen molar-refractivity contribution < 1.29 is 55.3 Å². The molecule has 1 rings (SSSR count). The van der Waals surface area contributed by atoms with E-state index in [9.17, 15) is 13.2 Å². The van der Waals surface area contributed by atoms with Crippen LogP contribution in [0.25, 0.3) is 0 Å². The van der Waals surface area contributed by atoms with E-state index in [4.69, 9.17) is 42.1 Å². The minimum Gasteiger partial charge on any atom is -0.463 e. The second-order valence-electron chi connectivity index (χ2n) is 9.97. The molecule has 0 aliphatic rings. The molecule has 0 aliphatic carbocycles. The summed E-state index contributed by atoms with van der Waals surface area (Å²) in [6, 6.07) is 7.97. The second-order valence-corrected chi connectivity index (χ2v) is 11.6. The fraction of sp³-hybridized carbons (Fsp3) is 0.781. The molecule has 1 aromatic carbocycles. The molecular weight excluding hydrogens is 608 g/mol.